The fourth-order valence-corrected chi connectivity index (χ4v) is 4.29. The van der Waals surface area contributed by atoms with Crippen molar-refractivity contribution in [3.05, 3.63) is 78.4 Å². The average Bonchev–Trinajstić information content (AvgIpc) is 2.83. The molecule has 1 aliphatic heterocycles. The fraction of sp³-hybridized carbons (Fsp3) is 0.120. The van der Waals surface area contributed by atoms with Gasteiger partial charge in [-0.1, -0.05) is 48.5 Å². The van der Waals surface area contributed by atoms with Crippen LogP contribution in [0, 0.1) is 0 Å². The zero-order valence-corrected chi connectivity index (χ0v) is 16.5. The Hall–Kier alpha value is -3.86. The standard InChI is InChI=1S/C25H19N3O2/c1-29-22-13-7-6-12-21(22)28-14-18-24-23(26-19-10-4-5-11-20(19)27-24)16-8-2-3-9-17(16)25(18)30-15-28/h2-13H,14-15H2,1H3. The maximum absolute atomic E-state index is 6.33. The first kappa shape index (κ1) is 17.0. The lowest BCUT2D eigenvalue weighted by Gasteiger charge is -2.32. The molecule has 0 saturated heterocycles. The van der Waals surface area contributed by atoms with E-state index in [1.807, 2.05) is 54.6 Å². The van der Waals surface area contributed by atoms with Crippen LogP contribution in [-0.2, 0) is 6.54 Å². The summed E-state index contributed by atoms with van der Waals surface area (Å²) in [6.45, 7) is 1.12. The van der Waals surface area contributed by atoms with Gasteiger partial charge in [0.05, 0.1) is 41.4 Å². The normalized spacial score (nSPS) is 13.4. The van der Waals surface area contributed by atoms with Crippen molar-refractivity contribution in [2.75, 3.05) is 18.7 Å². The summed E-state index contributed by atoms with van der Waals surface area (Å²) in [6, 6.07) is 24.3. The van der Waals surface area contributed by atoms with Crippen LogP contribution in [0.15, 0.2) is 72.8 Å². The molecule has 5 heteroatoms. The summed E-state index contributed by atoms with van der Waals surface area (Å²) in [5.74, 6) is 1.72. The van der Waals surface area contributed by atoms with Gasteiger partial charge in [0.1, 0.15) is 11.5 Å². The maximum Gasteiger partial charge on any atom is 0.161 e. The van der Waals surface area contributed by atoms with E-state index in [2.05, 4.69) is 23.1 Å². The van der Waals surface area contributed by atoms with Crippen LogP contribution in [0.5, 0.6) is 11.5 Å². The largest absolute Gasteiger partial charge is 0.495 e. The van der Waals surface area contributed by atoms with Crippen molar-refractivity contribution in [3.63, 3.8) is 0 Å². The van der Waals surface area contributed by atoms with Crippen LogP contribution in [0.3, 0.4) is 0 Å². The molecular formula is C25H19N3O2. The second-order valence-corrected chi connectivity index (χ2v) is 7.41. The minimum absolute atomic E-state index is 0.448. The third kappa shape index (κ3) is 2.48. The van der Waals surface area contributed by atoms with Crippen LogP contribution in [0.1, 0.15) is 5.56 Å². The lowest BCUT2D eigenvalue weighted by Crippen LogP contribution is -2.32. The van der Waals surface area contributed by atoms with E-state index in [-0.39, 0.29) is 0 Å². The molecule has 6 rings (SSSR count). The van der Waals surface area contributed by atoms with Crippen molar-refractivity contribution in [2.45, 2.75) is 6.54 Å². The van der Waals surface area contributed by atoms with Crippen molar-refractivity contribution < 1.29 is 9.47 Å². The monoisotopic (exact) mass is 393 g/mol. The number of rotatable bonds is 2. The van der Waals surface area contributed by atoms with Gasteiger partial charge in [-0.05, 0) is 24.3 Å². The third-order valence-corrected chi connectivity index (χ3v) is 5.70. The second kappa shape index (κ2) is 6.59. The van der Waals surface area contributed by atoms with Gasteiger partial charge in [0.2, 0.25) is 0 Å². The van der Waals surface area contributed by atoms with E-state index in [0.717, 1.165) is 55.6 Å². The number of nitrogens with zero attached hydrogens (tertiary/aromatic N) is 3. The number of ether oxygens (including phenoxy) is 2. The number of benzene rings is 4. The van der Waals surface area contributed by atoms with E-state index in [1.165, 1.54) is 0 Å². The summed E-state index contributed by atoms with van der Waals surface area (Å²) in [5, 5.41) is 2.14. The highest BCUT2D eigenvalue weighted by atomic mass is 16.5. The Bertz CT molecular complexity index is 1430. The van der Waals surface area contributed by atoms with Crippen LogP contribution in [-0.4, -0.2) is 23.8 Å². The molecule has 0 atom stereocenters. The van der Waals surface area contributed by atoms with E-state index in [4.69, 9.17) is 19.4 Å². The number of fused-ring (bicyclic) bond motifs is 7. The maximum atomic E-state index is 6.33. The molecule has 0 amide bonds. The molecule has 5 nitrogen and oxygen atoms in total. The van der Waals surface area contributed by atoms with Crippen LogP contribution in [0.25, 0.3) is 32.8 Å². The molecule has 0 fully saturated rings. The molecule has 2 heterocycles. The van der Waals surface area contributed by atoms with Crippen molar-refractivity contribution in [1.82, 2.24) is 9.97 Å². The Kier molecular flexibility index (Phi) is 3.74. The van der Waals surface area contributed by atoms with Crippen LogP contribution >= 0.6 is 0 Å². The number of methoxy groups -OCH3 is 1. The van der Waals surface area contributed by atoms with Gasteiger partial charge in [-0.15, -0.1) is 0 Å². The zero-order chi connectivity index (χ0) is 20.1. The highest BCUT2D eigenvalue weighted by Gasteiger charge is 2.26. The Morgan fingerprint density at radius 1 is 0.800 bits per heavy atom. The molecule has 1 aromatic heterocycles. The SMILES string of the molecule is COc1ccccc1N1COc2c(c3nc4ccccc4nc3c3ccccc23)C1. The van der Waals surface area contributed by atoms with E-state index in [1.54, 1.807) is 7.11 Å². The molecule has 0 N–H and O–H groups in total. The van der Waals surface area contributed by atoms with Gasteiger partial charge in [-0.3, -0.25) is 0 Å². The predicted molar refractivity (Wildman–Crippen MR) is 119 cm³/mol. The molecule has 30 heavy (non-hydrogen) atoms. The molecular weight excluding hydrogens is 374 g/mol. The van der Waals surface area contributed by atoms with E-state index in [9.17, 15) is 0 Å². The highest BCUT2D eigenvalue weighted by molar-refractivity contribution is 6.10. The smallest absolute Gasteiger partial charge is 0.161 e. The first-order valence-corrected chi connectivity index (χ1v) is 9.94. The fourth-order valence-electron chi connectivity index (χ4n) is 4.29. The molecule has 0 aliphatic carbocycles. The minimum atomic E-state index is 0.448. The van der Waals surface area contributed by atoms with Gasteiger partial charge in [0.25, 0.3) is 0 Å². The Labute approximate surface area is 173 Å². The Morgan fingerprint density at radius 2 is 1.47 bits per heavy atom. The number of hydrogen-bond acceptors (Lipinski definition) is 5. The van der Waals surface area contributed by atoms with Gasteiger partial charge in [0, 0.05) is 16.3 Å². The molecule has 0 spiro atoms. The van der Waals surface area contributed by atoms with Crippen LogP contribution in [0.4, 0.5) is 5.69 Å². The van der Waals surface area contributed by atoms with Crippen molar-refractivity contribution in [2.24, 2.45) is 0 Å². The number of hydrogen-bond donors (Lipinski definition) is 0. The Morgan fingerprint density at radius 3 is 2.27 bits per heavy atom. The number of anilines is 1. The predicted octanol–water partition coefficient (Wildman–Crippen LogP) is 5.30. The van der Waals surface area contributed by atoms with Crippen molar-refractivity contribution in [3.8, 4) is 11.5 Å². The molecule has 146 valence electrons. The van der Waals surface area contributed by atoms with Crippen molar-refractivity contribution >= 4 is 38.5 Å². The third-order valence-electron chi connectivity index (χ3n) is 5.70. The van der Waals surface area contributed by atoms with E-state index >= 15 is 0 Å². The van der Waals surface area contributed by atoms with Gasteiger partial charge >= 0.3 is 0 Å². The van der Waals surface area contributed by atoms with Gasteiger partial charge < -0.3 is 14.4 Å². The molecule has 4 aromatic carbocycles. The first-order chi connectivity index (χ1) is 14.8. The minimum Gasteiger partial charge on any atom is -0.495 e. The molecule has 0 bridgehead atoms. The van der Waals surface area contributed by atoms with Crippen molar-refractivity contribution in [1.29, 1.82) is 0 Å². The lowest BCUT2D eigenvalue weighted by atomic mass is 10.0. The average molecular weight is 393 g/mol. The first-order valence-electron chi connectivity index (χ1n) is 9.94. The summed E-state index contributed by atoms with van der Waals surface area (Å²) >= 11 is 0. The molecule has 0 saturated carbocycles. The van der Waals surface area contributed by atoms with Gasteiger partial charge in [-0.2, -0.15) is 0 Å². The summed E-state index contributed by atoms with van der Waals surface area (Å²) < 4.78 is 11.9. The molecule has 0 unspecified atom stereocenters. The van der Waals surface area contributed by atoms with Crippen LogP contribution < -0.4 is 14.4 Å². The van der Waals surface area contributed by atoms with E-state index in [0.29, 0.717) is 13.3 Å². The van der Waals surface area contributed by atoms with Gasteiger partial charge in [-0.25, -0.2) is 9.97 Å². The Balaban J connectivity index is 1.63. The quantitative estimate of drug-likeness (QED) is 0.301. The topological polar surface area (TPSA) is 47.5 Å². The van der Waals surface area contributed by atoms with Gasteiger partial charge in [0.15, 0.2) is 6.73 Å². The number of aromatic nitrogens is 2. The zero-order valence-electron chi connectivity index (χ0n) is 16.5. The molecule has 1 aliphatic rings. The molecule has 0 radical (unpaired) electrons. The summed E-state index contributed by atoms with van der Waals surface area (Å²) in [7, 11) is 1.69. The molecule has 5 aromatic rings. The number of para-hydroxylation sites is 4. The van der Waals surface area contributed by atoms with Crippen LogP contribution in [0.2, 0.25) is 0 Å². The summed E-state index contributed by atoms with van der Waals surface area (Å²) in [6.07, 6.45) is 0. The highest BCUT2D eigenvalue weighted by Crippen LogP contribution is 2.42. The van der Waals surface area contributed by atoms with E-state index < -0.39 is 0 Å². The lowest BCUT2D eigenvalue weighted by molar-refractivity contribution is 0.292. The second-order valence-electron chi connectivity index (χ2n) is 7.41. The summed E-state index contributed by atoms with van der Waals surface area (Å²) in [4.78, 5) is 12.2. The summed E-state index contributed by atoms with van der Waals surface area (Å²) in [5.41, 5.74) is 5.64.